The second kappa shape index (κ2) is 14.5. The molecule has 1 N–H and O–H groups in total. The summed E-state index contributed by atoms with van der Waals surface area (Å²) in [7, 11) is 0. The van der Waals surface area contributed by atoms with Crippen molar-refractivity contribution in [3.8, 4) is 17.2 Å². The van der Waals surface area contributed by atoms with E-state index in [-0.39, 0.29) is 41.0 Å². The van der Waals surface area contributed by atoms with E-state index in [1.165, 1.54) is 24.8 Å². The zero-order valence-corrected chi connectivity index (χ0v) is 34.1. The lowest BCUT2D eigenvalue weighted by molar-refractivity contribution is -0.171. The van der Waals surface area contributed by atoms with Crippen LogP contribution in [0.4, 0.5) is 0 Å². The van der Waals surface area contributed by atoms with Gasteiger partial charge in [0.15, 0.2) is 22.8 Å². The highest BCUT2D eigenvalue weighted by molar-refractivity contribution is 6.19. The Balaban J connectivity index is 1.27. The molecule has 0 radical (unpaired) electrons. The molecule has 5 unspecified atom stereocenters. The highest BCUT2D eigenvalue weighted by atomic mass is 16.6. The summed E-state index contributed by atoms with van der Waals surface area (Å²) in [5.41, 5.74) is -0.398. The van der Waals surface area contributed by atoms with E-state index < -0.39 is 34.3 Å². The van der Waals surface area contributed by atoms with Crippen LogP contribution in [0, 0.1) is 11.8 Å². The van der Waals surface area contributed by atoms with Crippen molar-refractivity contribution in [1.82, 2.24) is 4.90 Å². The molecule has 2 saturated heterocycles. The number of aromatic hydroxyl groups is 1. The monoisotopic (exact) mass is 753 g/mol. The molecule has 4 heterocycles. The van der Waals surface area contributed by atoms with Gasteiger partial charge in [0.2, 0.25) is 0 Å². The van der Waals surface area contributed by atoms with Crippen molar-refractivity contribution < 1.29 is 38.4 Å². The lowest BCUT2D eigenvalue weighted by Crippen LogP contribution is -2.72. The van der Waals surface area contributed by atoms with Crippen LogP contribution in [0.25, 0.3) is 6.08 Å². The van der Waals surface area contributed by atoms with Crippen molar-refractivity contribution in [3.63, 3.8) is 0 Å². The van der Waals surface area contributed by atoms with Crippen molar-refractivity contribution in [2.24, 2.45) is 11.8 Å². The number of allylic oxidation sites excluding steroid dienone is 5. The van der Waals surface area contributed by atoms with Gasteiger partial charge in [0.25, 0.3) is 0 Å². The quantitative estimate of drug-likeness (QED) is 0.0971. The maximum atomic E-state index is 15.0. The number of benzene rings is 1. The molecule has 8 rings (SSSR count). The molecule has 3 aliphatic carbocycles. The molecule has 4 bridgehead atoms. The largest absolute Gasteiger partial charge is 0.506 e. The van der Waals surface area contributed by atoms with E-state index in [9.17, 15) is 19.5 Å². The molecule has 9 heteroatoms. The normalized spacial score (nSPS) is 30.0. The summed E-state index contributed by atoms with van der Waals surface area (Å²) in [4.78, 5) is 45.4. The zero-order valence-electron chi connectivity index (χ0n) is 34.1. The lowest BCUT2D eigenvalue weighted by atomic mass is 9.51. The summed E-state index contributed by atoms with van der Waals surface area (Å²) in [5.74, 6) is -1.38. The van der Waals surface area contributed by atoms with Crippen molar-refractivity contribution in [2.45, 2.75) is 136 Å². The third kappa shape index (κ3) is 6.63. The molecule has 0 aromatic heterocycles. The molecule has 0 amide bonds. The van der Waals surface area contributed by atoms with E-state index in [4.69, 9.17) is 18.9 Å². The summed E-state index contributed by atoms with van der Waals surface area (Å²) in [5, 5.41) is 12.0. The van der Waals surface area contributed by atoms with Crippen LogP contribution in [0.15, 0.2) is 52.7 Å². The summed E-state index contributed by atoms with van der Waals surface area (Å²) < 4.78 is 26.7. The molecule has 55 heavy (non-hydrogen) atoms. The number of esters is 1. The smallest absolute Gasteiger partial charge is 0.333 e. The maximum Gasteiger partial charge on any atom is 0.333 e. The number of rotatable bonds is 12. The molecule has 4 aliphatic heterocycles. The number of ketones is 2. The number of fused-ring (bicyclic) bond motifs is 2. The Morgan fingerprint density at radius 3 is 2.42 bits per heavy atom. The Bertz CT molecular complexity index is 1930. The predicted octanol–water partition coefficient (Wildman–Crippen LogP) is 8.57. The molecule has 9 nitrogen and oxygen atoms in total. The number of piperidine rings is 1. The first-order valence-corrected chi connectivity index (χ1v) is 20.4. The van der Waals surface area contributed by atoms with Gasteiger partial charge in [-0.3, -0.25) is 9.59 Å². The van der Waals surface area contributed by atoms with E-state index in [2.05, 4.69) is 30.9 Å². The van der Waals surface area contributed by atoms with Crippen LogP contribution in [-0.4, -0.2) is 76.2 Å². The molecule has 7 aliphatic rings. The van der Waals surface area contributed by atoms with Gasteiger partial charge in [-0.1, -0.05) is 41.9 Å². The van der Waals surface area contributed by atoms with E-state index >= 15 is 0 Å². The van der Waals surface area contributed by atoms with Crippen molar-refractivity contribution in [1.29, 1.82) is 0 Å². The highest BCUT2D eigenvalue weighted by Gasteiger charge is 2.81. The minimum Gasteiger partial charge on any atom is -0.506 e. The van der Waals surface area contributed by atoms with E-state index in [0.717, 1.165) is 38.0 Å². The first-order valence-electron chi connectivity index (χ1n) is 20.4. The number of hydrogen-bond donors (Lipinski definition) is 1. The van der Waals surface area contributed by atoms with Crippen LogP contribution in [0.3, 0.4) is 0 Å². The van der Waals surface area contributed by atoms with E-state index in [0.29, 0.717) is 53.9 Å². The molecular weight excluding hydrogens is 695 g/mol. The number of phenols is 1. The van der Waals surface area contributed by atoms with Gasteiger partial charge in [0, 0.05) is 41.5 Å². The molecule has 1 spiro atoms. The van der Waals surface area contributed by atoms with Crippen LogP contribution in [0.2, 0.25) is 0 Å². The minimum absolute atomic E-state index is 0.0266. The molecule has 296 valence electrons. The first-order chi connectivity index (χ1) is 26.0. The van der Waals surface area contributed by atoms with Gasteiger partial charge in [-0.2, -0.15) is 0 Å². The molecule has 1 aromatic rings. The third-order valence-corrected chi connectivity index (χ3v) is 12.8. The Labute approximate surface area is 326 Å². The van der Waals surface area contributed by atoms with Crippen molar-refractivity contribution >= 4 is 23.6 Å². The number of nitrogens with zero attached hydrogens (tertiary/aromatic N) is 1. The van der Waals surface area contributed by atoms with Crippen LogP contribution in [0.5, 0.6) is 17.2 Å². The summed E-state index contributed by atoms with van der Waals surface area (Å²) in [6.45, 7) is 19.2. The topological polar surface area (TPSA) is 112 Å². The van der Waals surface area contributed by atoms with Gasteiger partial charge in [-0.25, -0.2) is 4.79 Å². The second-order valence-electron chi connectivity index (χ2n) is 17.8. The number of hydrogen-bond acceptors (Lipinski definition) is 9. The number of carbonyl (C=O) groups excluding carboxylic acids is 3. The average Bonchev–Trinajstić information content (AvgIpc) is 3.29. The number of ether oxygens (including phenoxy) is 4. The fraction of sp³-hybridized carbons (Fsp3) is 0.587. The highest BCUT2D eigenvalue weighted by Crippen LogP contribution is 2.68. The number of carbonyl (C=O) groups is 3. The first kappa shape index (κ1) is 39.3. The molecule has 1 aromatic carbocycles. The van der Waals surface area contributed by atoms with Gasteiger partial charge in [-0.05, 0) is 126 Å². The summed E-state index contributed by atoms with van der Waals surface area (Å²) in [6.07, 6.45) is 18.4. The fourth-order valence-corrected chi connectivity index (χ4v) is 9.92. The Morgan fingerprint density at radius 2 is 1.71 bits per heavy atom. The third-order valence-electron chi connectivity index (χ3n) is 12.8. The SMILES string of the molecule is CC(C)=CCCC1(C)C=Cc2c(O)c3c(c(CC=C(C)C)c2O1)OC12C(=CC4CC1C(C)(C)OC2(C/C=C(/C)C(=O)OCCCN1CCCCC1)C4=O)C3=O. The van der Waals surface area contributed by atoms with Gasteiger partial charge in [0.1, 0.15) is 28.4 Å². The molecule has 5 atom stereocenters. The minimum atomic E-state index is -1.59. The summed E-state index contributed by atoms with van der Waals surface area (Å²) in [6, 6.07) is 0. The number of phenolic OH excluding ortho intramolecular Hbond substituents is 1. The zero-order chi connectivity index (χ0) is 39.5. The van der Waals surface area contributed by atoms with Crippen LogP contribution < -0.4 is 9.47 Å². The summed E-state index contributed by atoms with van der Waals surface area (Å²) >= 11 is 0. The maximum absolute atomic E-state index is 15.0. The Kier molecular flexibility index (Phi) is 10.4. The van der Waals surface area contributed by atoms with Gasteiger partial charge in [0.05, 0.1) is 17.8 Å². The Hall–Kier alpha value is -3.95. The average molecular weight is 754 g/mol. The van der Waals surface area contributed by atoms with Crippen LogP contribution in [0.1, 0.15) is 128 Å². The van der Waals surface area contributed by atoms with Crippen molar-refractivity contribution in [3.05, 3.63) is 69.4 Å². The second-order valence-corrected chi connectivity index (χ2v) is 17.8. The van der Waals surface area contributed by atoms with Gasteiger partial charge in [-0.15, -0.1) is 0 Å². The van der Waals surface area contributed by atoms with Crippen LogP contribution in [-0.2, 0) is 25.5 Å². The molecular formula is C46H59NO8. The predicted molar refractivity (Wildman–Crippen MR) is 212 cm³/mol. The Morgan fingerprint density at radius 1 is 0.982 bits per heavy atom. The molecule has 3 fully saturated rings. The number of likely N-dealkylation sites (tertiary alicyclic amines) is 1. The van der Waals surface area contributed by atoms with Gasteiger partial charge < -0.3 is 29.0 Å². The standard InChI is InChI=1S/C46H59NO8/c1-28(2)14-12-19-44(8)20-18-32-37(48)36-38(49)34-26-31-27-35-43(6,7)55-45(41(31)50,46(34,35)54-40(36)33(39(32)53-44)16-15-29(3)4)21-17-30(5)42(51)52-25-13-24-47-22-10-9-11-23-47/h14-15,17-18,20,26,31,35,48H,9-13,16,19,21-25,27H2,1-8H3/b30-17-. The van der Waals surface area contributed by atoms with E-state index in [1.807, 2.05) is 46.8 Å². The van der Waals surface area contributed by atoms with Crippen LogP contribution >= 0.6 is 0 Å². The number of Topliss-reactive ketones (excluding diaryl/α,β-unsaturated/α-hetero) is 2. The van der Waals surface area contributed by atoms with Gasteiger partial charge >= 0.3 is 5.97 Å². The lowest BCUT2D eigenvalue weighted by Gasteiger charge is -2.56. The molecule has 1 saturated carbocycles. The van der Waals surface area contributed by atoms with E-state index in [1.54, 1.807) is 19.1 Å². The fourth-order valence-electron chi connectivity index (χ4n) is 9.92. The van der Waals surface area contributed by atoms with Crippen molar-refractivity contribution in [2.75, 3.05) is 26.2 Å².